The number of benzene rings is 1. The summed E-state index contributed by atoms with van der Waals surface area (Å²) in [7, 11) is 0. The van der Waals surface area contributed by atoms with Crippen LogP contribution in [-0.4, -0.2) is 55.4 Å². The van der Waals surface area contributed by atoms with Crippen LogP contribution in [0.25, 0.3) is 0 Å². The van der Waals surface area contributed by atoms with Gasteiger partial charge < -0.3 is 25.1 Å². The quantitative estimate of drug-likeness (QED) is 0.324. The molecule has 1 aromatic heterocycles. The van der Waals surface area contributed by atoms with Crippen LogP contribution in [0.5, 0.6) is 0 Å². The van der Waals surface area contributed by atoms with Crippen LogP contribution in [0.15, 0.2) is 59.2 Å². The minimum atomic E-state index is -2.68. The summed E-state index contributed by atoms with van der Waals surface area (Å²) >= 11 is 9.99. The van der Waals surface area contributed by atoms with Crippen molar-refractivity contribution in [2.75, 3.05) is 18.4 Å². The summed E-state index contributed by atoms with van der Waals surface area (Å²) in [5, 5.41) is 11.0. The predicted octanol–water partition coefficient (Wildman–Crippen LogP) is 4.10. The third kappa shape index (κ3) is 6.56. The van der Waals surface area contributed by atoms with Crippen LogP contribution in [0.3, 0.4) is 0 Å². The van der Waals surface area contributed by atoms with Gasteiger partial charge in [-0.3, -0.25) is 19.1 Å². The molecule has 41 heavy (non-hydrogen) atoms. The molecule has 3 atom stereocenters. The Kier molecular flexibility index (Phi) is 8.64. The Balaban J connectivity index is 1.42. The molecule has 3 aliphatic rings. The number of aryl methyl sites for hydroxylation is 1. The molecule has 0 bridgehead atoms. The number of aromatic nitrogens is 1. The van der Waals surface area contributed by atoms with E-state index in [1.165, 1.54) is 12.1 Å². The van der Waals surface area contributed by atoms with Gasteiger partial charge in [0.2, 0.25) is 0 Å². The predicted molar refractivity (Wildman–Crippen MR) is 157 cm³/mol. The van der Waals surface area contributed by atoms with Crippen LogP contribution in [-0.2, 0) is 20.3 Å². The zero-order valence-corrected chi connectivity index (χ0v) is 24.5. The lowest BCUT2D eigenvalue weighted by molar-refractivity contribution is -0.113. The van der Waals surface area contributed by atoms with Gasteiger partial charge >= 0.3 is 11.4 Å². The number of pyridine rings is 1. The summed E-state index contributed by atoms with van der Waals surface area (Å²) in [6.45, 7) is 4.06. The molecule has 0 radical (unpaired) electrons. The summed E-state index contributed by atoms with van der Waals surface area (Å²) in [6.07, 6.45) is 6.75. The second-order valence-electron chi connectivity index (χ2n) is 10.0. The van der Waals surface area contributed by atoms with E-state index >= 15 is 0 Å². The number of amides is 2. The average Bonchev–Trinajstić information content (AvgIpc) is 3.67. The van der Waals surface area contributed by atoms with Crippen LogP contribution in [0, 0.1) is 12.8 Å². The molecule has 14 heteroatoms. The first-order valence-electron chi connectivity index (χ1n) is 12.9. The molecule has 5 rings (SSSR count). The van der Waals surface area contributed by atoms with Gasteiger partial charge in [0.25, 0.3) is 11.8 Å². The Labute approximate surface area is 249 Å². The molecular weight excluding hydrogens is 591 g/mol. The van der Waals surface area contributed by atoms with Gasteiger partial charge in [0, 0.05) is 30.0 Å². The van der Waals surface area contributed by atoms with Crippen molar-refractivity contribution in [1.29, 1.82) is 0 Å². The maximum atomic E-state index is 13.7. The zero-order valence-electron chi connectivity index (χ0n) is 22.2. The third-order valence-electron chi connectivity index (χ3n) is 7.15. The van der Waals surface area contributed by atoms with Crippen LogP contribution in [0.4, 0.5) is 5.69 Å². The van der Waals surface area contributed by atoms with Gasteiger partial charge in [0.15, 0.2) is 5.76 Å². The fourth-order valence-corrected chi connectivity index (χ4v) is 5.69. The van der Waals surface area contributed by atoms with Crippen LogP contribution >= 0.6 is 23.2 Å². The molecule has 0 spiro atoms. The molecule has 3 heterocycles. The molecule has 1 aliphatic carbocycles. The second-order valence-corrected chi connectivity index (χ2v) is 11.5. The highest BCUT2D eigenvalue weighted by atomic mass is 35.5. The number of halogens is 2. The van der Waals surface area contributed by atoms with Crippen molar-refractivity contribution in [1.82, 2.24) is 20.6 Å². The smallest absolute Gasteiger partial charge is 0.357 e. The van der Waals surface area contributed by atoms with Gasteiger partial charge in [-0.25, -0.2) is 0 Å². The molecule has 2 amide bonds. The molecule has 1 saturated carbocycles. The number of hydrogen-bond acceptors (Lipinski definition) is 8. The van der Waals surface area contributed by atoms with Gasteiger partial charge in [-0.05, 0) is 68.5 Å². The van der Waals surface area contributed by atoms with E-state index in [-0.39, 0.29) is 47.0 Å². The number of anilines is 1. The normalized spacial score (nSPS) is 19.8. The minimum absolute atomic E-state index is 0.0222. The van der Waals surface area contributed by atoms with E-state index in [0.29, 0.717) is 39.6 Å². The molecule has 216 valence electrons. The summed E-state index contributed by atoms with van der Waals surface area (Å²) in [4.78, 5) is 33.1. The van der Waals surface area contributed by atoms with E-state index in [2.05, 4.69) is 26.1 Å². The molecule has 3 unspecified atom stereocenters. The molecule has 2 aliphatic heterocycles. The lowest BCUT2D eigenvalue weighted by Crippen LogP contribution is -2.37. The van der Waals surface area contributed by atoms with E-state index in [9.17, 15) is 18.4 Å². The largest absolute Gasteiger partial charge is 0.379 e. The highest BCUT2D eigenvalue weighted by molar-refractivity contribution is 7.74. The van der Waals surface area contributed by atoms with Crippen molar-refractivity contribution in [3.8, 4) is 0 Å². The number of allylic oxidation sites excluding steroid dienone is 1. The van der Waals surface area contributed by atoms with Gasteiger partial charge in [-0.15, -0.1) is 0 Å². The summed E-state index contributed by atoms with van der Waals surface area (Å²) in [6, 6.07) is 6.59. The number of carbonyl (C=O) groups excluding carboxylic acids is 2. The van der Waals surface area contributed by atoms with Crippen molar-refractivity contribution >= 4 is 57.9 Å². The van der Waals surface area contributed by atoms with Crippen molar-refractivity contribution < 1.29 is 22.5 Å². The van der Waals surface area contributed by atoms with Crippen molar-refractivity contribution in [2.45, 2.75) is 38.6 Å². The number of hydrogen-bond donors (Lipinski definition) is 4. The van der Waals surface area contributed by atoms with Crippen LogP contribution in [0.2, 0.25) is 10.0 Å². The number of nitrogens with one attached hydrogen (secondary N) is 3. The molecule has 0 saturated heterocycles. The fourth-order valence-electron chi connectivity index (χ4n) is 4.86. The fraction of sp³-hybridized carbons (Fsp3) is 0.333. The second kappa shape index (κ2) is 12.2. The molecule has 2 aromatic rings. The van der Waals surface area contributed by atoms with Crippen molar-refractivity contribution in [2.24, 2.45) is 11.0 Å². The number of rotatable bonds is 8. The highest BCUT2D eigenvalue weighted by Gasteiger charge is 2.34. The van der Waals surface area contributed by atoms with E-state index in [4.69, 9.17) is 27.4 Å². The van der Waals surface area contributed by atoms with E-state index in [1.807, 2.05) is 6.92 Å². The number of nitrogens with zero attached hydrogens (tertiary/aromatic N) is 3. The number of carbonyl (C=O) groups is 2. The third-order valence-corrected chi connectivity index (χ3v) is 8.01. The van der Waals surface area contributed by atoms with Crippen LogP contribution in [0.1, 0.15) is 47.3 Å². The Morgan fingerprint density at radius 3 is 2.76 bits per heavy atom. The standard InChI is InChI=1S/C27H28Cl2N6O5S/c1-14-10-17(28)11-18(26(36)32-15(2)16-5-6-16)23(14)33-27(37)20-13-35(9-7-22(20)40-41(38)39)25-19(12-31-34-25)24-21(29)4-3-8-30-24/h3-4,7-11,15-16,19,31H,5-6,12-13H2,1-2H3,(H,32,36)(H,33,37)(H,38,39). The van der Waals surface area contributed by atoms with Gasteiger partial charge in [-0.2, -0.15) is 9.31 Å². The highest BCUT2D eigenvalue weighted by Crippen LogP contribution is 2.34. The van der Waals surface area contributed by atoms with E-state index in [1.54, 1.807) is 42.4 Å². The van der Waals surface area contributed by atoms with Gasteiger partial charge in [0.1, 0.15) is 5.84 Å². The monoisotopic (exact) mass is 618 g/mol. The Morgan fingerprint density at radius 1 is 1.27 bits per heavy atom. The number of hydrazone groups is 1. The Bertz CT molecular complexity index is 1510. The lowest BCUT2D eigenvalue weighted by atomic mass is 10.0. The van der Waals surface area contributed by atoms with Crippen molar-refractivity contribution in [3.63, 3.8) is 0 Å². The summed E-state index contributed by atoms with van der Waals surface area (Å²) in [5.41, 5.74) is 4.67. The van der Waals surface area contributed by atoms with Crippen LogP contribution < -0.4 is 16.1 Å². The first-order valence-corrected chi connectivity index (χ1v) is 14.7. The molecule has 4 N–H and O–H groups in total. The molecule has 1 aromatic carbocycles. The average molecular weight is 620 g/mol. The minimum Gasteiger partial charge on any atom is -0.379 e. The Hall–Kier alpha value is -3.45. The first kappa shape index (κ1) is 29.1. The topological polar surface area (TPSA) is 145 Å². The summed E-state index contributed by atoms with van der Waals surface area (Å²) in [5.74, 6) is -0.423. The first-order chi connectivity index (χ1) is 19.6. The number of amidine groups is 1. The van der Waals surface area contributed by atoms with Crippen molar-refractivity contribution in [3.05, 3.63) is 80.9 Å². The maximum absolute atomic E-state index is 13.7. The lowest BCUT2D eigenvalue weighted by Gasteiger charge is -2.28. The Morgan fingerprint density at radius 2 is 2.05 bits per heavy atom. The van der Waals surface area contributed by atoms with Gasteiger partial charge in [0.05, 0.1) is 40.0 Å². The van der Waals surface area contributed by atoms with E-state index < -0.39 is 17.3 Å². The van der Waals surface area contributed by atoms with E-state index in [0.717, 1.165) is 12.8 Å². The van der Waals surface area contributed by atoms with Gasteiger partial charge in [-0.1, -0.05) is 23.2 Å². The maximum Gasteiger partial charge on any atom is 0.357 e. The molecule has 1 fully saturated rings. The zero-order chi connectivity index (χ0) is 29.3. The summed E-state index contributed by atoms with van der Waals surface area (Å²) < 4.78 is 26.0. The molecule has 11 nitrogen and oxygen atoms in total. The SMILES string of the molecule is Cc1cc(Cl)cc(C(=O)NC(C)C2CC2)c1NC(=O)C1=C(OS(=O)O)C=CN(C2=NNCC2c2ncccc2Cl)C1. The molecular formula is C27H28Cl2N6O5S.